The van der Waals surface area contributed by atoms with Gasteiger partial charge in [0.1, 0.15) is 0 Å². The SMILES string of the molecule is CC(NCC(C)(C)CCC#N)c1cccs1. The lowest BCUT2D eigenvalue weighted by Crippen LogP contribution is -2.31. The second-order valence-electron chi connectivity index (χ2n) is 4.94. The van der Waals surface area contributed by atoms with Gasteiger partial charge in [0.25, 0.3) is 0 Å². The van der Waals surface area contributed by atoms with E-state index in [9.17, 15) is 0 Å². The van der Waals surface area contributed by atoms with Gasteiger partial charge in [-0.05, 0) is 30.2 Å². The van der Waals surface area contributed by atoms with Gasteiger partial charge in [0.05, 0.1) is 6.07 Å². The van der Waals surface area contributed by atoms with Crippen LogP contribution in [0.15, 0.2) is 17.5 Å². The smallest absolute Gasteiger partial charge is 0.0621 e. The summed E-state index contributed by atoms with van der Waals surface area (Å²) < 4.78 is 0. The standard InChI is InChI=1S/C13H20N2S/c1-11(12-6-4-9-16-12)15-10-13(2,3)7-5-8-14/h4,6,9,11,15H,5,7,10H2,1-3H3. The molecular weight excluding hydrogens is 216 g/mol. The topological polar surface area (TPSA) is 35.8 Å². The summed E-state index contributed by atoms with van der Waals surface area (Å²) in [6.45, 7) is 7.55. The summed E-state index contributed by atoms with van der Waals surface area (Å²) in [6.07, 6.45) is 1.59. The molecule has 3 heteroatoms. The van der Waals surface area contributed by atoms with E-state index in [1.54, 1.807) is 11.3 Å². The van der Waals surface area contributed by atoms with Crippen molar-refractivity contribution in [3.05, 3.63) is 22.4 Å². The van der Waals surface area contributed by atoms with Crippen LogP contribution >= 0.6 is 11.3 Å². The van der Waals surface area contributed by atoms with E-state index < -0.39 is 0 Å². The van der Waals surface area contributed by atoms with E-state index >= 15 is 0 Å². The predicted octanol–water partition coefficient (Wildman–Crippen LogP) is 3.73. The van der Waals surface area contributed by atoms with Crippen molar-refractivity contribution in [2.24, 2.45) is 5.41 Å². The van der Waals surface area contributed by atoms with E-state index in [0.717, 1.165) is 13.0 Å². The normalized spacial score (nSPS) is 13.4. The molecule has 0 fully saturated rings. The van der Waals surface area contributed by atoms with Crippen molar-refractivity contribution in [1.82, 2.24) is 5.32 Å². The zero-order chi connectivity index (χ0) is 12.0. The molecule has 1 unspecified atom stereocenters. The minimum Gasteiger partial charge on any atom is -0.309 e. The first kappa shape index (κ1) is 13.2. The van der Waals surface area contributed by atoms with Crippen LogP contribution in [0.3, 0.4) is 0 Å². The molecular formula is C13H20N2S. The van der Waals surface area contributed by atoms with Gasteiger partial charge in [0.2, 0.25) is 0 Å². The van der Waals surface area contributed by atoms with Crippen LogP contribution in [-0.2, 0) is 0 Å². The number of rotatable bonds is 6. The highest BCUT2D eigenvalue weighted by atomic mass is 32.1. The Morgan fingerprint density at radius 2 is 2.31 bits per heavy atom. The molecule has 0 amide bonds. The van der Waals surface area contributed by atoms with Crippen molar-refractivity contribution >= 4 is 11.3 Å². The monoisotopic (exact) mass is 236 g/mol. The van der Waals surface area contributed by atoms with Gasteiger partial charge in [-0.25, -0.2) is 0 Å². The molecule has 0 aliphatic heterocycles. The van der Waals surface area contributed by atoms with Crippen LogP contribution in [0.2, 0.25) is 0 Å². The third-order valence-electron chi connectivity index (χ3n) is 2.77. The summed E-state index contributed by atoms with van der Waals surface area (Å²) in [4.78, 5) is 1.37. The average molecular weight is 236 g/mol. The van der Waals surface area contributed by atoms with Gasteiger partial charge in [-0.15, -0.1) is 11.3 Å². The first-order chi connectivity index (χ1) is 7.55. The van der Waals surface area contributed by atoms with Gasteiger partial charge in [0, 0.05) is 23.9 Å². The molecule has 0 aromatic carbocycles. The summed E-state index contributed by atoms with van der Waals surface area (Å²) in [7, 11) is 0. The number of hydrogen-bond donors (Lipinski definition) is 1. The summed E-state index contributed by atoms with van der Waals surface area (Å²) in [6, 6.07) is 6.86. The molecule has 16 heavy (non-hydrogen) atoms. The molecule has 1 atom stereocenters. The van der Waals surface area contributed by atoms with E-state index in [1.807, 2.05) is 0 Å². The highest BCUT2D eigenvalue weighted by Gasteiger charge is 2.18. The molecule has 2 nitrogen and oxygen atoms in total. The van der Waals surface area contributed by atoms with Crippen molar-refractivity contribution in [3.63, 3.8) is 0 Å². The van der Waals surface area contributed by atoms with Crippen LogP contribution in [0.1, 0.15) is 44.5 Å². The van der Waals surface area contributed by atoms with Gasteiger partial charge in [-0.3, -0.25) is 0 Å². The third kappa shape index (κ3) is 4.34. The minimum absolute atomic E-state index is 0.196. The molecule has 0 aliphatic rings. The average Bonchev–Trinajstić information content (AvgIpc) is 2.77. The van der Waals surface area contributed by atoms with Crippen LogP contribution in [-0.4, -0.2) is 6.54 Å². The molecule has 0 radical (unpaired) electrons. The minimum atomic E-state index is 0.196. The molecule has 1 N–H and O–H groups in total. The van der Waals surface area contributed by atoms with Gasteiger partial charge in [-0.1, -0.05) is 19.9 Å². The number of nitrogens with zero attached hydrogens (tertiary/aromatic N) is 1. The maximum Gasteiger partial charge on any atom is 0.0621 e. The Hall–Kier alpha value is -0.850. The van der Waals surface area contributed by atoms with Crippen molar-refractivity contribution in [2.45, 2.75) is 39.7 Å². The van der Waals surface area contributed by atoms with Gasteiger partial charge in [0.15, 0.2) is 0 Å². The van der Waals surface area contributed by atoms with Gasteiger partial charge < -0.3 is 5.32 Å². The van der Waals surface area contributed by atoms with Crippen LogP contribution < -0.4 is 5.32 Å². The molecule has 1 aromatic heterocycles. The first-order valence-corrected chi connectivity index (χ1v) is 6.57. The molecule has 0 spiro atoms. The fourth-order valence-electron chi connectivity index (χ4n) is 1.55. The Kier molecular flexibility index (Phi) is 4.98. The van der Waals surface area contributed by atoms with Gasteiger partial charge >= 0.3 is 0 Å². The maximum atomic E-state index is 8.59. The van der Waals surface area contributed by atoms with Crippen molar-refractivity contribution < 1.29 is 0 Å². The molecule has 0 bridgehead atoms. The Morgan fingerprint density at radius 1 is 1.56 bits per heavy atom. The molecule has 1 aromatic rings. The van der Waals surface area contributed by atoms with E-state index in [1.165, 1.54) is 4.88 Å². The third-order valence-corrected chi connectivity index (χ3v) is 3.83. The van der Waals surface area contributed by atoms with Crippen molar-refractivity contribution in [2.75, 3.05) is 6.54 Å². The lowest BCUT2D eigenvalue weighted by Gasteiger charge is -2.26. The molecule has 0 saturated heterocycles. The Labute approximate surface area is 102 Å². The zero-order valence-corrected chi connectivity index (χ0v) is 11.1. The lowest BCUT2D eigenvalue weighted by molar-refractivity contribution is 0.305. The van der Waals surface area contributed by atoms with E-state index in [0.29, 0.717) is 12.5 Å². The molecule has 1 rings (SSSR count). The van der Waals surface area contributed by atoms with Crippen LogP contribution in [0.5, 0.6) is 0 Å². The van der Waals surface area contributed by atoms with Crippen LogP contribution in [0.25, 0.3) is 0 Å². The Morgan fingerprint density at radius 3 is 2.88 bits per heavy atom. The van der Waals surface area contributed by atoms with Crippen molar-refractivity contribution in [3.8, 4) is 6.07 Å². The Balaban J connectivity index is 2.36. The number of thiophene rings is 1. The van der Waals surface area contributed by atoms with Crippen LogP contribution in [0.4, 0.5) is 0 Å². The number of nitrogens with one attached hydrogen (secondary N) is 1. The van der Waals surface area contributed by atoms with Crippen LogP contribution in [0, 0.1) is 16.7 Å². The molecule has 0 saturated carbocycles. The zero-order valence-electron chi connectivity index (χ0n) is 10.3. The largest absolute Gasteiger partial charge is 0.309 e. The molecule has 88 valence electrons. The van der Waals surface area contributed by atoms with Gasteiger partial charge in [-0.2, -0.15) is 5.26 Å². The molecule has 1 heterocycles. The van der Waals surface area contributed by atoms with E-state index in [-0.39, 0.29) is 5.41 Å². The highest BCUT2D eigenvalue weighted by Crippen LogP contribution is 2.24. The number of nitriles is 1. The maximum absolute atomic E-state index is 8.59. The summed E-state index contributed by atoms with van der Waals surface area (Å²) in [5.74, 6) is 0. The first-order valence-electron chi connectivity index (χ1n) is 5.69. The predicted molar refractivity (Wildman–Crippen MR) is 69.4 cm³/mol. The van der Waals surface area contributed by atoms with E-state index in [2.05, 4.69) is 49.7 Å². The number of hydrogen-bond acceptors (Lipinski definition) is 3. The van der Waals surface area contributed by atoms with Crippen molar-refractivity contribution in [1.29, 1.82) is 5.26 Å². The Bertz CT molecular complexity index is 335. The van der Waals surface area contributed by atoms with E-state index in [4.69, 9.17) is 5.26 Å². The molecule has 0 aliphatic carbocycles. The lowest BCUT2D eigenvalue weighted by atomic mass is 9.88. The fourth-order valence-corrected chi connectivity index (χ4v) is 2.31. The second kappa shape index (κ2) is 6.03. The summed E-state index contributed by atoms with van der Waals surface area (Å²) in [5.41, 5.74) is 0.196. The summed E-state index contributed by atoms with van der Waals surface area (Å²) in [5, 5.41) is 14.2. The summed E-state index contributed by atoms with van der Waals surface area (Å²) >= 11 is 1.78. The second-order valence-corrected chi connectivity index (χ2v) is 5.92. The fraction of sp³-hybridized carbons (Fsp3) is 0.615. The highest BCUT2D eigenvalue weighted by molar-refractivity contribution is 7.10. The quantitative estimate of drug-likeness (QED) is 0.817.